The van der Waals surface area contributed by atoms with Gasteiger partial charge in [-0.05, 0) is 25.7 Å². The van der Waals surface area contributed by atoms with Gasteiger partial charge in [-0.15, -0.1) is 0 Å². The second-order valence-corrected chi connectivity index (χ2v) is 6.14. The minimum atomic E-state index is -0.103. The average Bonchev–Trinajstić information content (AvgIpc) is 3.06. The normalized spacial score (nSPS) is 32.3. The molecule has 0 unspecified atom stereocenters. The molecule has 2 heterocycles. The Bertz CT molecular complexity index is 409. The van der Waals surface area contributed by atoms with E-state index in [2.05, 4.69) is 21.2 Å². The highest BCUT2D eigenvalue weighted by Gasteiger charge is 2.39. The van der Waals surface area contributed by atoms with Crippen LogP contribution in [0.1, 0.15) is 44.9 Å². The summed E-state index contributed by atoms with van der Waals surface area (Å²) in [6.45, 7) is 3.17. The van der Waals surface area contributed by atoms with E-state index >= 15 is 0 Å². The molecule has 3 rings (SSSR count). The van der Waals surface area contributed by atoms with Crippen molar-refractivity contribution in [2.75, 3.05) is 11.4 Å². The molecule has 1 aliphatic heterocycles. The van der Waals surface area contributed by atoms with Crippen LogP contribution in [0.3, 0.4) is 0 Å². The van der Waals surface area contributed by atoms with Gasteiger partial charge in [0.05, 0.1) is 6.10 Å². The molecule has 1 aromatic heterocycles. The molecule has 2 aliphatic rings. The van der Waals surface area contributed by atoms with E-state index < -0.39 is 0 Å². The Balaban J connectivity index is 1.78. The number of aliphatic hydroxyl groups is 1. The Labute approximate surface area is 112 Å². The van der Waals surface area contributed by atoms with Gasteiger partial charge < -0.3 is 10.0 Å². The van der Waals surface area contributed by atoms with Crippen LogP contribution in [0.25, 0.3) is 0 Å². The van der Waals surface area contributed by atoms with Gasteiger partial charge in [0.15, 0.2) is 0 Å². The number of hydrogen-bond donors (Lipinski definition) is 1. The van der Waals surface area contributed by atoms with Crippen LogP contribution in [0, 0.1) is 5.92 Å². The van der Waals surface area contributed by atoms with Gasteiger partial charge in [0.1, 0.15) is 5.82 Å². The molecule has 0 amide bonds. The summed E-state index contributed by atoms with van der Waals surface area (Å²) >= 11 is 1.52. The fraction of sp³-hybridized carbons (Fsp3) is 0.846. The summed E-state index contributed by atoms with van der Waals surface area (Å²) in [5.41, 5.74) is 0. The third kappa shape index (κ3) is 2.14. The second-order valence-electron chi connectivity index (χ2n) is 5.41. The minimum absolute atomic E-state index is 0.103. The smallest absolute Gasteiger partial charge is 0.205 e. The highest BCUT2D eigenvalue weighted by Crippen LogP contribution is 2.38. The van der Waals surface area contributed by atoms with Crippen LogP contribution in [0.5, 0.6) is 0 Å². The molecule has 0 bridgehead atoms. The lowest BCUT2D eigenvalue weighted by Gasteiger charge is -2.30. The van der Waals surface area contributed by atoms with E-state index in [0.717, 1.165) is 30.3 Å². The van der Waals surface area contributed by atoms with E-state index in [-0.39, 0.29) is 6.10 Å². The highest BCUT2D eigenvalue weighted by atomic mass is 32.1. The van der Waals surface area contributed by atoms with Crippen molar-refractivity contribution in [1.82, 2.24) is 9.36 Å². The average molecular weight is 267 g/mol. The lowest BCUT2D eigenvalue weighted by molar-refractivity contribution is 0.119. The minimum Gasteiger partial charge on any atom is -0.393 e. The molecule has 4 nitrogen and oxygen atoms in total. The molecule has 18 heavy (non-hydrogen) atoms. The first-order valence-corrected chi connectivity index (χ1v) is 7.84. The molecule has 100 valence electrons. The number of rotatable bonds is 3. The fourth-order valence-electron chi connectivity index (χ4n) is 3.40. The lowest BCUT2D eigenvalue weighted by atomic mass is 9.94. The van der Waals surface area contributed by atoms with Crippen molar-refractivity contribution < 1.29 is 5.11 Å². The third-order valence-electron chi connectivity index (χ3n) is 4.34. The number of hydrogen-bond acceptors (Lipinski definition) is 5. The SMILES string of the molecule is CCc1nsc(N2CCC[C@@H]2[C@H]2CCC[C@H]2O)n1. The van der Waals surface area contributed by atoms with Crippen molar-refractivity contribution in [3.8, 4) is 0 Å². The Kier molecular flexibility index (Phi) is 3.52. The van der Waals surface area contributed by atoms with Crippen LogP contribution in [0.15, 0.2) is 0 Å². The van der Waals surface area contributed by atoms with Gasteiger partial charge >= 0.3 is 0 Å². The monoisotopic (exact) mass is 267 g/mol. The topological polar surface area (TPSA) is 49.2 Å². The van der Waals surface area contributed by atoms with Gasteiger partial charge in [0, 0.05) is 36.5 Å². The Morgan fingerprint density at radius 1 is 1.33 bits per heavy atom. The van der Waals surface area contributed by atoms with Crippen molar-refractivity contribution in [1.29, 1.82) is 0 Å². The Hall–Kier alpha value is -0.680. The van der Waals surface area contributed by atoms with Crippen molar-refractivity contribution in [2.45, 2.75) is 57.6 Å². The first-order valence-electron chi connectivity index (χ1n) is 7.07. The number of anilines is 1. The van der Waals surface area contributed by atoms with Crippen LogP contribution in [-0.4, -0.2) is 33.2 Å². The summed E-state index contributed by atoms with van der Waals surface area (Å²) in [5, 5.41) is 11.2. The standard InChI is InChI=1S/C13H21N3OS/c1-2-12-14-13(18-15-12)16-8-4-6-10(16)9-5-3-7-11(9)17/h9-11,17H,2-8H2,1H3/t9-,10-,11-/m1/s1. The summed E-state index contributed by atoms with van der Waals surface area (Å²) in [4.78, 5) is 7.01. The van der Waals surface area contributed by atoms with E-state index in [0.29, 0.717) is 12.0 Å². The van der Waals surface area contributed by atoms with Crippen molar-refractivity contribution in [3.63, 3.8) is 0 Å². The zero-order valence-electron chi connectivity index (χ0n) is 10.9. The lowest BCUT2D eigenvalue weighted by Crippen LogP contribution is -2.38. The first kappa shape index (κ1) is 12.4. The van der Waals surface area contributed by atoms with Gasteiger partial charge in [-0.25, -0.2) is 4.98 Å². The maximum Gasteiger partial charge on any atom is 0.205 e. The molecule has 1 saturated carbocycles. The molecule has 1 saturated heterocycles. The quantitative estimate of drug-likeness (QED) is 0.912. The third-order valence-corrected chi connectivity index (χ3v) is 5.14. The van der Waals surface area contributed by atoms with Crippen LogP contribution in [-0.2, 0) is 6.42 Å². The number of nitrogens with zero attached hydrogens (tertiary/aromatic N) is 3. The summed E-state index contributed by atoms with van der Waals surface area (Å²) in [6, 6.07) is 0.486. The van der Waals surface area contributed by atoms with E-state index in [1.807, 2.05) is 0 Å². The van der Waals surface area contributed by atoms with Gasteiger partial charge in [0.2, 0.25) is 5.13 Å². The van der Waals surface area contributed by atoms with E-state index in [1.54, 1.807) is 0 Å². The number of aromatic nitrogens is 2. The molecular weight excluding hydrogens is 246 g/mol. The van der Waals surface area contributed by atoms with E-state index in [1.165, 1.54) is 37.2 Å². The van der Waals surface area contributed by atoms with Crippen molar-refractivity contribution >= 4 is 16.7 Å². The Morgan fingerprint density at radius 3 is 2.89 bits per heavy atom. The summed E-state index contributed by atoms with van der Waals surface area (Å²) in [7, 11) is 0. The number of aryl methyl sites for hydroxylation is 1. The summed E-state index contributed by atoms with van der Waals surface area (Å²) in [6.07, 6.45) is 6.53. The maximum atomic E-state index is 10.1. The predicted octanol–water partition coefficient (Wildman–Crippen LogP) is 2.23. The first-order chi connectivity index (χ1) is 8.79. The van der Waals surface area contributed by atoms with Crippen LogP contribution in [0.2, 0.25) is 0 Å². The molecule has 3 atom stereocenters. The molecule has 5 heteroatoms. The highest BCUT2D eigenvalue weighted by molar-refractivity contribution is 7.09. The van der Waals surface area contributed by atoms with Gasteiger partial charge in [0.25, 0.3) is 0 Å². The molecular formula is C13H21N3OS. The molecule has 0 aromatic carbocycles. The molecule has 2 fully saturated rings. The molecule has 1 aliphatic carbocycles. The van der Waals surface area contributed by atoms with Crippen LogP contribution < -0.4 is 4.90 Å². The number of aliphatic hydroxyl groups excluding tert-OH is 1. The van der Waals surface area contributed by atoms with Crippen molar-refractivity contribution in [3.05, 3.63) is 5.82 Å². The van der Waals surface area contributed by atoms with Gasteiger partial charge in [-0.3, -0.25) is 0 Å². The van der Waals surface area contributed by atoms with E-state index in [4.69, 9.17) is 0 Å². The van der Waals surface area contributed by atoms with E-state index in [9.17, 15) is 5.11 Å². The summed E-state index contributed by atoms with van der Waals surface area (Å²) in [5.74, 6) is 1.40. The molecule has 1 N–H and O–H groups in total. The van der Waals surface area contributed by atoms with Gasteiger partial charge in [-0.2, -0.15) is 4.37 Å². The fourth-order valence-corrected chi connectivity index (χ4v) is 4.23. The van der Waals surface area contributed by atoms with Gasteiger partial charge in [-0.1, -0.05) is 13.3 Å². The van der Waals surface area contributed by atoms with Crippen molar-refractivity contribution in [2.24, 2.45) is 5.92 Å². The zero-order valence-corrected chi connectivity index (χ0v) is 11.7. The molecule has 0 radical (unpaired) electrons. The largest absolute Gasteiger partial charge is 0.393 e. The molecule has 0 spiro atoms. The predicted molar refractivity (Wildman–Crippen MR) is 73.0 cm³/mol. The van der Waals surface area contributed by atoms with Crippen LogP contribution >= 0.6 is 11.5 Å². The maximum absolute atomic E-state index is 10.1. The Morgan fingerprint density at radius 2 is 2.22 bits per heavy atom. The van der Waals surface area contributed by atoms with Crippen LogP contribution in [0.4, 0.5) is 5.13 Å². The second kappa shape index (κ2) is 5.13. The summed E-state index contributed by atoms with van der Waals surface area (Å²) < 4.78 is 4.39. The molecule has 1 aromatic rings. The zero-order chi connectivity index (χ0) is 12.5.